The van der Waals surface area contributed by atoms with Gasteiger partial charge in [-0.1, -0.05) is 11.6 Å². The molecule has 0 spiro atoms. The molecule has 11 heteroatoms. The number of ether oxygens (including phenoxy) is 2. The van der Waals surface area contributed by atoms with Crippen molar-refractivity contribution in [2.45, 2.75) is 44.6 Å². The van der Waals surface area contributed by atoms with Crippen LogP contribution in [0.5, 0.6) is 5.75 Å². The number of aromatic hydroxyl groups is 1. The number of esters is 1. The van der Waals surface area contributed by atoms with E-state index in [1.807, 2.05) is 0 Å². The molecule has 168 valence electrons. The van der Waals surface area contributed by atoms with E-state index in [0.717, 1.165) is 0 Å². The predicted octanol–water partition coefficient (Wildman–Crippen LogP) is 0.561. The Morgan fingerprint density at radius 3 is 2.84 bits per heavy atom. The van der Waals surface area contributed by atoms with Crippen LogP contribution in [0.1, 0.15) is 36.5 Å². The number of carbonyl (C=O) groups is 4. The Hall–Kier alpha value is -2.85. The quantitative estimate of drug-likeness (QED) is 0.513. The predicted molar refractivity (Wildman–Crippen MR) is 108 cm³/mol. The van der Waals surface area contributed by atoms with Crippen molar-refractivity contribution >= 4 is 35.3 Å². The third kappa shape index (κ3) is 5.45. The molecule has 0 saturated carbocycles. The number of hydrogen-bond acceptors (Lipinski definition) is 7. The van der Waals surface area contributed by atoms with Crippen LogP contribution >= 0.6 is 11.6 Å². The number of nitrogens with one attached hydrogen (secondary N) is 2. The molecular formula is C20H24ClN3O7. The van der Waals surface area contributed by atoms with E-state index in [9.17, 15) is 24.3 Å². The number of phenols is 1. The lowest BCUT2D eigenvalue weighted by atomic mass is 10.1. The number of carbonyl (C=O) groups excluding carboxylic acids is 4. The number of rotatable bonds is 7. The molecule has 1 aromatic carbocycles. The summed E-state index contributed by atoms with van der Waals surface area (Å²) in [5.41, 5.74) is 0.121. The second kappa shape index (κ2) is 9.97. The van der Waals surface area contributed by atoms with Crippen LogP contribution in [0, 0.1) is 0 Å². The smallest absolute Gasteiger partial charge is 0.310 e. The maximum absolute atomic E-state index is 12.8. The first-order chi connectivity index (χ1) is 14.8. The van der Waals surface area contributed by atoms with E-state index in [0.29, 0.717) is 26.0 Å². The van der Waals surface area contributed by atoms with Gasteiger partial charge in [0.1, 0.15) is 17.8 Å². The highest BCUT2D eigenvalue weighted by Crippen LogP contribution is 2.22. The van der Waals surface area contributed by atoms with Gasteiger partial charge in [0.2, 0.25) is 18.1 Å². The number of cyclic esters (lactones) is 1. The fourth-order valence-corrected chi connectivity index (χ4v) is 3.89. The summed E-state index contributed by atoms with van der Waals surface area (Å²) in [5.74, 6) is -1.92. The summed E-state index contributed by atoms with van der Waals surface area (Å²) < 4.78 is 10.4. The van der Waals surface area contributed by atoms with Crippen molar-refractivity contribution in [1.82, 2.24) is 15.5 Å². The summed E-state index contributed by atoms with van der Waals surface area (Å²) in [6, 6.07) is 2.57. The third-order valence-corrected chi connectivity index (χ3v) is 5.41. The van der Waals surface area contributed by atoms with Gasteiger partial charge < -0.3 is 30.1 Å². The van der Waals surface area contributed by atoms with E-state index < -0.39 is 42.1 Å². The molecule has 2 saturated heterocycles. The molecule has 10 nitrogen and oxygen atoms in total. The largest absolute Gasteiger partial charge is 0.508 e. The Bertz CT molecular complexity index is 878. The van der Waals surface area contributed by atoms with E-state index in [1.54, 1.807) is 6.92 Å². The standard InChI is InChI=1S/C20H24ClN3O7/c1-2-30-20-14(9-17(27)31-20)23-19(29)15-4-3-7-24(15)16(26)10-22-18(28)12-6-5-11(25)8-13(12)21/h5-6,8,14-15,20,25H,2-4,7,9-10H2,1H3,(H,22,28)(H,23,29)/t14-,15-,20+/m0/s1. The van der Waals surface area contributed by atoms with Crippen LogP contribution in [0.2, 0.25) is 5.02 Å². The van der Waals surface area contributed by atoms with Crippen LogP contribution in [0.25, 0.3) is 0 Å². The number of halogens is 1. The molecule has 0 unspecified atom stereocenters. The molecule has 0 aromatic heterocycles. The van der Waals surface area contributed by atoms with Crippen molar-refractivity contribution in [3.8, 4) is 5.75 Å². The minimum atomic E-state index is -0.846. The van der Waals surface area contributed by atoms with Crippen LogP contribution in [0.4, 0.5) is 0 Å². The minimum Gasteiger partial charge on any atom is -0.508 e. The first kappa shape index (κ1) is 22.8. The lowest BCUT2D eigenvalue weighted by Gasteiger charge is -2.26. The van der Waals surface area contributed by atoms with Crippen molar-refractivity contribution < 1.29 is 33.8 Å². The molecule has 2 fully saturated rings. The minimum absolute atomic E-state index is 0.000516. The zero-order chi connectivity index (χ0) is 22.5. The topological polar surface area (TPSA) is 134 Å². The fourth-order valence-electron chi connectivity index (χ4n) is 3.63. The van der Waals surface area contributed by atoms with Crippen LogP contribution in [-0.2, 0) is 23.9 Å². The van der Waals surface area contributed by atoms with Gasteiger partial charge >= 0.3 is 5.97 Å². The maximum Gasteiger partial charge on any atom is 0.310 e. The van der Waals surface area contributed by atoms with Gasteiger partial charge in [0.05, 0.1) is 23.6 Å². The molecule has 3 amide bonds. The first-order valence-corrected chi connectivity index (χ1v) is 10.4. The Kier molecular flexibility index (Phi) is 7.34. The maximum atomic E-state index is 12.8. The molecule has 2 aliphatic heterocycles. The Balaban J connectivity index is 1.56. The van der Waals surface area contributed by atoms with E-state index in [1.165, 1.54) is 23.1 Å². The van der Waals surface area contributed by atoms with E-state index in [-0.39, 0.29) is 29.3 Å². The van der Waals surface area contributed by atoms with Gasteiger partial charge in [-0.05, 0) is 38.0 Å². The van der Waals surface area contributed by atoms with Crippen molar-refractivity contribution in [2.24, 2.45) is 0 Å². The van der Waals surface area contributed by atoms with Crippen LogP contribution in [0.3, 0.4) is 0 Å². The normalized spacial score (nSPS) is 22.8. The summed E-state index contributed by atoms with van der Waals surface area (Å²) >= 11 is 5.94. The molecule has 2 aliphatic rings. The van der Waals surface area contributed by atoms with Crippen LogP contribution in [-0.4, -0.2) is 71.8 Å². The second-order valence-electron chi connectivity index (χ2n) is 7.22. The molecule has 0 bridgehead atoms. The summed E-state index contributed by atoms with van der Waals surface area (Å²) in [6.07, 6.45) is 0.258. The highest BCUT2D eigenvalue weighted by Gasteiger charge is 2.40. The second-order valence-corrected chi connectivity index (χ2v) is 7.63. The lowest BCUT2D eigenvalue weighted by Crippen LogP contribution is -2.52. The van der Waals surface area contributed by atoms with Crippen molar-refractivity contribution in [1.29, 1.82) is 0 Å². The van der Waals surface area contributed by atoms with Gasteiger partial charge in [-0.2, -0.15) is 0 Å². The van der Waals surface area contributed by atoms with Gasteiger partial charge in [0, 0.05) is 13.2 Å². The molecule has 3 rings (SSSR count). The highest BCUT2D eigenvalue weighted by atomic mass is 35.5. The van der Waals surface area contributed by atoms with Gasteiger partial charge in [-0.15, -0.1) is 0 Å². The van der Waals surface area contributed by atoms with Gasteiger partial charge in [0.25, 0.3) is 5.91 Å². The van der Waals surface area contributed by atoms with Crippen LogP contribution < -0.4 is 10.6 Å². The van der Waals surface area contributed by atoms with Gasteiger partial charge in [-0.25, -0.2) is 0 Å². The van der Waals surface area contributed by atoms with Gasteiger partial charge in [0.15, 0.2) is 0 Å². The monoisotopic (exact) mass is 453 g/mol. The molecule has 1 aromatic rings. The summed E-state index contributed by atoms with van der Waals surface area (Å²) in [7, 11) is 0. The Morgan fingerprint density at radius 2 is 2.13 bits per heavy atom. The van der Waals surface area contributed by atoms with Gasteiger partial charge in [-0.3, -0.25) is 19.2 Å². The molecule has 0 aliphatic carbocycles. The third-order valence-electron chi connectivity index (χ3n) is 5.09. The number of nitrogens with zero attached hydrogens (tertiary/aromatic N) is 1. The van der Waals surface area contributed by atoms with Crippen molar-refractivity contribution in [3.05, 3.63) is 28.8 Å². The Labute approximate surface area is 183 Å². The number of phenolic OH excluding ortho intramolecular Hbond substituents is 1. The van der Waals surface area contributed by atoms with Crippen LogP contribution in [0.15, 0.2) is 18.2 Å². The van der Waals surface area contributed by atoms with Crippen molar-refractivity contribution in [2.75, 3.05) is 19.7 Å². The number of hydrogen-bond donors (Lipinski definition) is 3. The molecule has 2 heterocycles. The molecule has 3 N–H and O–H groups in total. The summed E-state index contributed by atoms with van der Waals surface area (Å²) in [5, 5.41) is 14.7. The average Bonchev–Trinajstić information content (AvgIpc) is 3.33. The SMILES string of the molecule is CCO[C@@H]1OC(=O)C[C@@H]1NC(=O)[C@@H]1CCCN1C(=O)CNC(=O)c1ccc(O)cc1Cl. The number of amides is 3. The summed E-state index contributed by atoms with van der Waals surface area (Å²) in [6.45, 7) is 2.14. The first-order valence-electron chi connectivity index (χ1n) is 9.97. The van der Waals surface area contributed by atoms with Crippen molar-refractivity contribution in [3.63, 3.8) is 0 Å². The average molecular weight is 454 g/mol. The molecule has 0 radical (unpaired) electrons. The number of likely N-dealkylation sites (tertiary alicyclic amines) is 1. The zero-order valence-corrected chi connectivity index (χ0v) is 17.7. The summed E-state index contributed by atoms with van der Waals surface area (Å²) in [4.78, 5) is 50.6. The van der Waals surface area contributed by atoms with E-state index in [2.05, 4.69) is 10.6 Å². The molecule has 31 heavy (non-hydrogen) atoms. The van der Waals surface area contributed by atoms with E-state index in [4.69, 9.17) is 21.1 Å². The zero-order valence-electron chi connectivity index (χ0n) is 16.9. The lowest BCUT2D eigenvalue weighted by molar-refractivity contribution is -0.164. The molecule has 3 atom stereocenters. The Morgan fingerprint density at radius 1 is 1.35 bits per heavy atom. The number of benzene rings is 1. The van der Waals surface area contributed by atoms with E-state index >= 15 is 0 Å². The highest BCUT2D eigenvalue weighted by molar-refractivity contribution is 6.34. The fraction of sp³-hybridized carbons (Fsp3) is 0.500. The molecular weight excluding hydrogens is 430 g/mol.